The van der Waals surface area contributed by atoms with Crippen molar-refractivity contribution < 1.29 is 9.13 Å². The average Bonchev–Trinajstić information content (AvgIpc) is 2.30. The molecule has 0 aliphatic carbocycles. The van der Waals surface area contributed by atoms with Gasteiger partial charge in [-0.25, -0.2) is 4.39 Å². The van der Waals surface area contributed by atoms with Crippen molar-refractivity contribution in [2.45, 2.75) is 0 Å². The molecule has 0 heterocycles. The van der Waals surface area contributed by atoms with Gasteiger partial charge in [0.25, 0.3) is 0 Å². The molecule has 0 saturated heterocycles. The molecule has 0 atom stereocenters. The SMILES string of the molecule is COc1ccc(-c2ccc(F)cc2)cc1Cl. The maximum atomic E-state index is 12.8. The number of benzene rings is 2. The third kappa shape index (κ3) is 2.17. The highest BCUT2D eigenvalue weighted by Crippen LogP contribution is 2.30. The van der Waals surface area contributed by atoms with E-state index in [1.54, 1.807) is 31.4 Å². The Balaban J connectivity index is 2.41. The summed E-state index contributed by atoms with van der Waals surface area (Å²) in [6, 6.07) is 11.8. The van der Waals surface area contributed by atoms with Crippen molar-refractivity contribution >= 4 is 11.6 Å². The smallest absolute Gasteiger partial charge is 0.137 e. The number of halogens is 2. The molecule has 3 heteroatoms. The fraction of sp³-hybridized carbons (Fsp3) is 0.0769. The Morgan fingerprint density at radius 1 is 1.00 bits per heavy atom. The van der Waals surface area contributed by atoms with Crippen LogP contribution in [0.2, 0.25) is 5.02 Å². The zero-order chi connectivity index (χ0) is 11.5. The minimum Gasteiger partial charge on any atom is -0.495 e. The van der Waals surface area contributed by atoms with Crippen molar-refractivity contribution in [3.8, 4) is 16.9 Å². The number of rotatable bonds is 2. The first-order valence-corrected chi connectivity index (χ1v) is 5.18. The summed E-state index contributed by atoms with van der Waals surface area (Å²) in [5, 5.41) is 0.546. The van der Waals surface area contributed by atoms with Crippen LogP contribution < -0.4 is 4.74 Å². The van der Waals surface area contributed by atoms with E-state index in [0.717, 1.165) is 11.1 Å². The molecule has 1 nitrogen and oxygen atoms in total. The summed E-state index contributed by atoms with van der Waals surface area (Å²) in [5.41, 5.74) is 1.86. The predicted octanol–water partition coefficient (Wildman–Crippen LogP) is 4.15. The van der Waals surface area contributed by atoms with Gasteiger partial charge in [0, 0.05) is 0 Å². The Kier molecular flexibility index (Phi) is 3.11. The third-order valence-electron chi connectivity index (χ3n) is 2.33. The van der Waals surface area contributed by atoms with Crippen molar-refractivity contribution in [2.75, 3.05) is 7.11 Å². The van der Waals surface area contributed by atoms with Crippen molar-refractivity contribution in [3.63, 3.8) is 0 Å². The summed E-state index contributed by atoms with van der Waals surface area (Å²) in [7, 11) is 1.57. The van der Waals surface area contributed by atoms with E-state index in [9.17, 15) is 4.39 Å². The minimum absolute atomic E-state index is 0.247. The molecule has 0 aliphatic heterocycles. The highest BCUT2D eigenvalue weighted by molar-refractivity contribution is 6.32. The lowest BCUT2D eigenvalue weighted by Crippen LogP contribution is -1.85. The van der Waals surface area contributed by atoms with Crippen LogP contribution in [0.4, 0.5) is 4.39 Å². The van der Waals surface area contributed by atoms with Crippen LogP contribution in [-0.2, 0) is 0 Å². The second kappa shape index (κ2) is 4.54. The van der Waals surface area contributed by atoms with Crippen molar-refractivity contribution in [3.05, 3.63) is 53.3 Å². The summed E-state index contributed by atoms with van der Waals surface area (Å²) in [6.45, 7) is 0. The molecular formula is C13H10ClFO. The van der Waals surface area contributed by atoms with Gasteiger partial charge in [-0.15, -0.1) is 0 Å². The van der Waals surface area contributed by atoms with Crippen LogP contribution in [0.15, 0.2) is 42.5 Å². The van der Waals surface area contributed by atoms with Gasteiger partial charge in [-0.05, 0) is 35.4 Å². The molecule has 0 amide bonds. The zero-order valence-corrected chi connectivity index (χ0v) is 9.46. The maximum Gasteiger partial charge on any atom is 0.137 e. The van der Waals surface area contributed by atoms with Gasteiger partial charge in [-0.3, -0.25) is 0 Å². The van der Waals surface area contributed by atoms with Crippen LogP contribution in [0.5, 0.6) is 5.75 Å². The van der Waals surface area contributed by atoms with Crippen LogP contribution in [0.3, 0.4) is 0 Å². The lowest BCUT2D eigenvalue weighted by atomic mass is 10.1. The van der Waals surface area contributed by atoms with Crippen LogP contribution in [0.25, 0.3) is 11.1 Å². The van der Waals surface area contributed by atoms with Gasteiger partial charge in [-0.1, -0.05) is 29.8 Å². The predicted molar refractivity (Wildman–Crippen MR) is 63.4 cm³/mol. The molecule has 0 saturated carbocycles. The molecule has 2 aromatic rings. The van der Waals surface area contributed by atoms with Crippen molar-refractivity contribution in [1.29, 1.82) is 0 Å². The molecule has 16 heavy (non-hydrogen) atoms. The van der Waals surface area contributed by atoms with E-state index in [2.05, 4.69) is 0 Å². The average molecular weight is 237 g/mol. The molecule has 2 rings (SSSR count). The number of methoxy groups -OCH3 is 1. The molecule has 0 N–H and O–H groups in total. The fourth-order valence-electron chi connectivity index (χ4n) is 1.49. The van der Waals surface area contributed by atoms with Gasteiger partial charge in [0.15, 0.2) is 0 Å². The largest absolute Gasteiger partial charge is 0.495 e. The quantitative estimate of drug-likeness (QED) is 0.761. The van der Waals surface area contributed by atoms with Gasteiger partial charge < -0.3 is 4.74 Å². The topological polar surface area (TPSA) is 9.23 Å². The van der Waals surface area contributed by atoms with E-state index < -0.39 is 0 Å². The molecule has 2 aromatic carbocycles. The van der Waals surface area contributed by atoms with Crippen LogP contribution in [0, 0.1) is 5.82 Å². The van der Waals surface area contributed by atoms with E-state index in [1.165, 1.54) is 12.1 Å². The molecule has 0 fully saturated rings. The molecule has 0 bridgehead atoms. The molecule has 0 spiro atoms. The summed E-state index contributed by atoms with van der Waals surface area (Å²) in [5.74, 6) is 0.385. The van der Waals surface area contributed by atoms with Crippen molar-refractivity contribution in [1.82, 2.24) is 0 Å². The Morgan fingerprint density at radius 2 is 1.62 bits per heavy atom. The number of hydrogen-bond acceptors (Lipinski definition) is 1. The highest BCUT2D eigenvalue weighted by Gasteiger charge is 2.03. The molecular weight excluding hydrogens is 227 g/mol. The van der Waals surface area contributed by atoms with E-state index in [1.807, 2.05) is 6.07 Å². The second-order valence-electron chi connectivity index (χ2n) is 3.36. The maximum absolute atomic E-state index is 12.8. The van der Waals surface area contributed by atoms with Gasteiger partial charge in [0.05, 0.1) is 12.1 Å². The third-order valence-corrected chi connectivity index (χ3v) is 2.62. The Labute approximate surface area is 98.4 Å². The molecule has 82 valence electrons. The van der Waals surface area contributed by atoms with Gasteiger partial charge >= 0.3 is 0 Å². The summed E-state index contributed by atoms with van der Waals surface area (Å²) in [6.07, 6.45) is 0. The Hall–Kier alpha value is -1.54. The number of hydrogen-bond donors (Lipinski definition) is 0. The number of ether oxygens (including phenoxy) is 1. The van der Waals surface area contributed by atoms with Gasteiger partial charge in [-0.2, -0.15) is 0 Å². The van der Waals surface area contributed by atoms with Crippen LogP contribution >= 0.6 is 11.6 Å². The van der Waals surface area contributed by atoms with Crippen LogP contribution in [0.1, 0.15) is 0 Å². The lowest BCUT2D eigenvalue weighted by Gasteiger charge is -2.06. The summed E-state index contributed by atoms with van der Waals surface area (Å²) in [4.78, 5) is 0. The molecule has 0 aliphatic rings. The summed E-state index contributed by atoms with van der Waals surface area (Å²) < 4.78 is 17.8. The monoisotopic (exact) mass is 236 g/mol. The minimum atomic E-state index is -0.247. The standard InChI is InChI=1S/C13H10ClFO/c1-16-13-7-4-10(8-12(13)14)9-2-5-11(15)6-3-9/h2-8H,1H3. The molecule has 0 radical (unpaired) electrons. The fourth-order valence-corrected chi connectivity index (χ4v) is 1.75. The normalized spacial score (nSPS) is 10.2. The molecule has 0 unspecified atom stereocenters. The van der Waals surface area contributed by atoms with E-state index in [4.69, 9.17) is 16.3 Å². The first kappa shape index (κ1) is 11.0. The van der Waals surface area contributed by atoms with Crippen LogP contribution in [-0.4, -0.2) is 7.11 Å². The lowest BCUT2D eigenvalue weighted by molar-refractivity contribution is 0.415. The van der Waals surface area contributed by atoms with Crippen molar-refractivity contribution in [2.24, 2.45) is 0 Å². The first-order chi connectivity index (χ1) is 7.70. The Bertz CT molecular complexity index is 494. The molecule has 0 aromatic heterocycles. The first-order valence-electron chi connectivity index (χ1n) is 4.80. The van der Waals surface area contributed by atoms with E-state index in [-0.39, 0.29) is 5.82 Å². The van der Waals surface area contributed by atoms with E-state index in [0.29, 0.717) is 10.8 Å². The highest BCUT2D eigenvalue weighted by atomic mass is 35.5. The zero-order valence-electron chi connectivity index (χ0n) is 8.71. The Morgan fingerprint density at radius 3 is 2.19 bits per heavy atom. The van der Waals surface area contributed by atoms with E-state index >= 15 is 0 Å². The summed E-state index contributed by atoms with van der Waals surface area (Å²) >= 11 is 6.01. The second-order valence-corrected chi connectivity index (χ2v) is 3.76. The van der Waals surface area contributed by atoms with Gasteiger partial charge in [0.1, 0.15) is 11.6 Å². The van der Waals surface area contributed by atoms with Gasteiger partial charge in [0.2, 0.25) is 0 Å².